The topological polar surface area (TPSA) is 0 Å². The molecule has 2 rings (SSSR count). The van der Waals surface area contributed by atoms with Gasteiger partial charge in [-0.15, -0.1) is 0 Å². The summed E-state index contributed by atoms with van der Waals surface area (Å²) in [4.78, 5) is 0. The van der Waals surface area contributed by atoms with Crippen molar-refractivity contribution in [1.82, 2.24) is 0 Å². The van der Waals surface area contributed by atoms with Gasteiger partial charge in [-0.05, 0) is 18.2 Å². The van der Waals surface area contributed by atoms with E-state index < -0.39 is 44.7 Å². The second-order valence-electron chi connectivity index (χ2n) is 4.11. The molecule has 0 heterocycles. The van der Waals surface area contributed by atoms with Crippen molar-refractivity contribution in [2.75, 3.05) is 0 Å². The minimum Gasteiger partial charge on any atom is -0.166 e. The maximum Gasteiger partial charge on any atom is 0.416 e. The van der Waals surface area contributed by atoms with Gasteiger partial charge in [-0.1, -0.05) is 18.2 Å². The molecule has 0 bridgehead atoms. The quantitative estimate of drug-likeness (QED) is 0.517. The van der Waals surface area contributed by atoms with Crippen LogP contribution in [0.2, 0.25) is 0 Å². The highest BCUT2D eigenvalue weighted by Crippen LogP contribution is 2.35. The molecule has 2 aromatic rings. The Morgan fingerprint density at radius 1 is 0.619 bits per heavy atom. The van der Waals surface area contributed by atoms with Crippen LogP contribution in [0.25, 0.3) is 0 Å². The number of rotatable bonds is 2. The van der Waals surface area contributed by atoms with Crippen molar-refractivity contribution in [2.24, 2.45) is 0 Å². The highest BCUT2D eigenvalue weighted by atomic mass is 127. The van der Waals surface area contributed by atoms with Crippen molar-refractivity contribution in [1.29, 1.82) is 0 Å². The number of halogens is 7. The van der Waals surface area contributed by atoms with E-state index in [2.05, 4.69) is 0 Å². The lowest BCUT2D eigenvalue weighted by Gasteiger charge is -2.10. The molecule has 0 aliphatic rings. The summed E-state index contributed by atoms with van der Waals surface area (Å²) in [6.07, 6.45) is -9.59. The van der Waals surface area contributed by atoms with Gasteiger partial charge in [0.05, 0.1) is 11.1 Å². The SMILES string of the molecule is FC(F)(F)c1cc([I+]c2ccccc2)cc(C(F)(F)F)c1. The number of alkyl halides is 6. The van der Waals surface area contributed by atoms with E-state index in [0.29, 0.717) is 0 Å². The Kier molecular flexibility index (Phi) is 4.50. The van der Waals surface area contributed by atoms with Gasteiger partial charge in [0.15, 0.2) is 7.14 Å². The Bertz CT molecular complexity index is 583. The molecule has 0 unspecified atom stereocenters. The lowest BCUT2D eigenvalue weighted by molar-refractivity contribution is -0.597. The van der Waals surface area contributed by atoms with E-state index >= 15 is 0 Å². The minimum atomic E-state index is -4.80. The van der Waals surface area contributed by atoms with E-state index in [9.17, 15) is 26.3 Å². The second kappa shape index (κ2) is 5.86. The molecule has 0 saturated carbocycles. The van der Waals surface area contributed by atoms with Gasteiger partial charge in [-0.3, -0.25) is 0 Å². The zero-order valence-corrected chi connectivity index (χ0v) is 12.4. The minimum absolute atomic E-state index is 0.0853. The lowest BCUT2D eigenvalue weighted by atomic mass is 10.1. The van der Waals surface area contributed by atoms with E-state index in [1.54, 1.807) is 30.3 Å². The van der Waals surface area contributed by atoms with Gasteiger partial charge in [0, 0.05) is 12.1 Å². The summed E-state index contributed by atoms with van der Waals surface area (Å²) in [5.74, 6) is 0. The first-order chi connectivity index (χ1) is 9.66. The third-order valence-electron chi connectivity index (χ3n) is 2.50. The van der Waals surface area contributed by atoms with Gasteiger partial charge in [-0.25, -0.2) is 0 Å². The predicted molar refractivity (Wildman–Crippen MR) is 60.3 cm³/mol. The summed E-state index contributed by atoms with van der Waals surface area (Å²) >= 11 is -1.10. The van der Waals surface area contributed by atoms with Crippen LogP contribution in [-0.4, -0.2) is 0 Å². The maximum absolute atomic E-state index is 12.7. The molecule has 0 atom stereocenters. The molecule has 7 heteroatoms. The van der Waals surface area contributed by atoms with E-state index in [0.717, 1.165) is 15.7 Å². The van der Waals surface area contributed by atoms with Crippen LogP contribution in [0.5, 0.6) is 0 Å². The van der Waals surface area contributed by atoms with Crippen LogP contribution >= 0.6 is 0 Å². The Morgan fingerprint density at radius 2 is 1.10 bits per heavy atom. The summed E-state index contributed by atoms with van der Waals surface area (Å²) in [6, 6.07) is 10.3. The van der Waals surface area contributed by atoms with Crippen molar-refractivity contribution >= 4 is 0 Å². The van der Waals surface area contributed by atoms with Crippen LogP contribution in [0.1, 0.15) is 11.1 Å². The highest BCUT2D eigenvalue weighted by Gasteiger charge is 2.38. The molecule has 2 aromatic carbocycles. The molecule has 0 spiro atoms. The summed E-state index contributed by atoms with van der Waals surface area (Å²) in [6.45, 7) is 0. The Balaban J connectivity index is 2.45. The maximum atomic E-state index is 12.7. The van der Waals surface area contributed by atoms with Crippen LogP contribution in [0.3, 0.4) is 0 Å². The molecule has 0 aliphatic heterocycles. The molecule has 0 fully saturated rings. The molecule has 0 radical (unpaired) electrons. The molecule has 21 heavy (non-hydrogen) atoms. The first-order valence-corrected chi connectivity index (χ1v) is 7.81. The zero-order chi connectivity index (χ0) is 15.7. The molecule has 0 nitrogen and oxygen atoms in total. The average Bonchev–Trinajstić information content (AvgIpc) is 2.37. The van der Waals surface area contributed by atoms with Crippen molar-refractivity contribution in [3.05, 3.63) is 66.8 Å². The van der Waals surface area contributed by atoms with Gasteiger partial charge in [-0.2, -0.15) is 26.3 Å². The molecule has 0 saturated heterocycles. The third-order valence-corrected chi connectivity index (χ3v) is 5.09. The predicted octanol–water partition coefficient (Wildman–Crippen LogP) is 1.85. The van der Waals surface area contributed by atoms with Gasteiger partial charge in [0.2, 0.25) is 0 Å². The largest absolute Gasteiger partial charge is 0.416 e. The van der Waals surface area contributed by atoms with Crippen LogP contribution in [-0.2, 0) is 12.4 Å². The first kappa shape index (κ1) is 16.1. The second-order valence-corrected chi connectivity index (χ2v) is 7.14. The molecule has 0 aromatic heterocycles. The summed E-state index contributed by atoms with van der Waals surface area (Å²) in [7, 11) is 0. The van der Waals surface area contributed by atoms with Crippen molar-refractivity contribution in [3.63, 3.8) is 0 Å². The van der Waals surface area contributed by atoms with Crippen molar-refractivity contribution < 1.29 is 47.5 Å². The molecular weight excluding hydrogens is 409 g/mol. The van der Waals surface area contributed by atoms with Crippen molar-refractivity contribution in [2.45, 2.75) is 12.4 Å². The van der Waals surface area contributed by atoms with Crippen molar-refractivity contribution in [3.8, 4) is 0 Å². The fourth-order valence-electron chi connectivity index (χ4n) is 1.58. The zero-order valence-electron chi connectivity index (χ0n) is 10.3. The molecule has 0 aliphatic carbocycles. The molecule has 112 valence electrons. The van der Waals surface area contributed by atoms with Gasteiger partial charge in [0.1, 0.15) is 0 Å². The first-order valence-electron chi connectivity index (χ1n) is 5.65. The van der Waals surface area contributed by atoms with Crippen LogP contribution < -0.4 is 21.2 Å². The number of hydrogen-bond donors (Lipinski definition) is 0. The molecular formula is C14H8F6I+. The fraction of sp³-hybridized carbons (Fsp3) is 0.143. The Hall–Kier alpha value is -1.25. The lowest BCUT2D eigenvalue weighted by Crippen LogP contribution is -3.61. The van der Waals surface area contributed by atoms with E-state index in [1.165, 1.54) is 0 Å². The molecule has 0 amide bonds. The fourth-order valence-corrected chi connectivity index (χ4v) is 4.05. The van der Waals surface area contributed by atoms with Crippen LogP contribution in [0, 0.1) is 7.14 Å². The van der Waals surface area contributed by atoms with Gasteiger partial charge < -0.3 is 0 Å². The average molecular weight is 417 g/mol. The summed E-state index contributed by atoms with van der Waals surface area (Å²) in [5.41, 5.74) is -2.52. The number of hydrogen-bond acceptors (Lipinski definition) is 0. The smallest absolute Gasteiger partial charge is 0.166 e. The third kappa shape index (κ3) is 4.36. The van der Waals surface area contributed by atoms with E-state index in [1.807, 2.05) is 0 Å². The summed E-state index contributed by atoms with van der Waals surface area (Å²) in [5, 5.41) is 0. The van der Waals surface area contributed by atoms with Gasteiger partial charge >= 0.3 is 33.6 Å². The Labute approximate surface area is 127 Å². The van der Waals surface area contributed by atoms with Crippen LogP contribution in [0.15, 0.2) is 48.5 Å². The van der Waals surface area contributed by atoms with Gasteiger partial charge in [0.25, 0.3) is 0 Å². The Morgan fingerprint density at radius 3 is 1.52 bits per heavy atom. The monoisotopic (exact) mass is 417 g/mol. The normalized spacial score (nSPS) is 12.5. The number of benzene rings is 2. The van der Waals surface area contributed by atoms with E-state index in [4.69, 9.17) is 0 Å². The highest BCUT2D eigenvalue weighted by molar-refractivity contribution is 5.27. The van der Waals surface area contributed by atoms with E-state index in [-0.39, 0.29) is 9.64 Å². The van der Waals surface area contributed by atoms with Crippen LogP contribution in [0.4, 0.5) is 26.3 Å². The summed E-state index contributed by atoms with van der Waals surface area (Å²) < 4.78 is 77.2. The standard InChI is InChI=1S/C14H8F6I/c15-13(16,17)9-6-10(14(18,19)20)8-12(7-9)21-11-4-2-1-3-5-11/h1-8H/q+1. The molecule has 0 N–H and O–H groups in total.